The minimum Gasteiger partial charge on any atom is -0.355 e. The van der Waals surface area contributed by atoms with Crippen LogP contribution in [0.15, 0.2) is 30.6 Å². The van der Waals surface area contributed by atoms with Crippen LogP contribution in [0.25, 0.3) is 10.2 Å². The van der Waals surface area contributed by atoms with Crippen LogP contribution in [0.5, 0.6) is 0 Å². The van der Waals surface area contributed by atoms with E-state index in [-0.39, 0.29) is 16.1 Å². The highest BCUT2D eigenvalue weighted by atomic mass is 32.1. The van der Waals surface area contributed by atoms with Gasteiger partial charge in [0.25, 0.3) is 0 Å². The van der Waals surface area contributed by atoms with Gasteiger partial charge in [0.1, 0.15) is 22.8 Å². The molecule has 0 amide bonds. The molecule has 1 spiro atoms. The monoisotopic (exact) mass is 475 g/mol. The number of halogens is 4. The maximum atomic E-state index is 14.3. The predicted molar refractivity (Wildman–Crippen MR) is 117 cm³/mol. The van der Waals surface area contributed by atoms with Crippen molar-refractivity contribution in [1.82, 2.24) is 14.9 Å². The second-order valence-electron chi connectivity index (χ2n) is 8.97. The lowest BCUT2D eigenvalue weighted by molar-refractivity contribution is -0.126. The molecule has 3 aromatic rings. The summed E-state index contributed by atoms with van der Waals surface area (Å²) < 4.78 is 52.9. The fourth-order valence-electron chi connectivity index (χ4n) is 5.03. The highest BCUT2D eigenvalue weighted by molar-refractivity contribution is 7.18. The van der Waals surface area contributed by atoms with E-state index in [1.807, 2.05) is 6.07 Å². The summed E-state index contributed by atoms with van der Waals surface area (Å²) >= 11 is 1.06. The summed E-state index contributed by atoms with van der Waals surface area (Å²) in [6.07, 6.45) is -1.87. The van der Waals surface area contributed by atoms with E-state index >= 15 is 0 Å². The highest BCUT2D eigenvalue weighted by Crippen LogP contribution is 2.43. The fraction of sp³-hybridized carbons (Fsp3) is 0.435. The fourth-order valence-corrected chi connectivity index (χ4v) is 6.05. The molecule has 0 radical (unpaired) electrons. The first-order valence-corrected chi connectivity index (χ1v) is 11.5. The van der Waals surface area contributed by atoms with Crippen LogP contribution in [-0.4, -0.2) is 47.2 Å². The number of nitriles is 1. The third-order valence-electron chi connectivity index (χ3n) is 6.57. The van der Waals surface area contributed by atoms with Crippen molar-refractivity contribution < 1.29 is 17.6 Å². The summed E-state index contributed by atoms with van der Waals surface area (Å²) in [6, 6.07) is 8.10. The Kier molecular flexibility index (Phi) is 5.49. The lowest BCUT2D eigenvalue weighted by Gasteiger charge is -2.25. The zero-order chi connectivity index (χ0) is 23.2. The summed E-state index contributed by atoms with van der Waals surface area (Å²) in [4.78, 5) is 13.8. The van der Waals surface area contributed by atoms with Gasteiger partial charge < -0.3 is 4.90 Å². The maximum Gasteiger partial charge on any atom is 0.393 e. The van der Waals surface area contributed by atoms with Crippen LogP contribution in [0.2, 0.25) is 0 Å². The molecule has 0 aliphatic carbocycles. The van der Waals surface area contributed by atoms with Gasteiger partial charge in [-0.15, -0.1) is 11.3 Å². The molecule has 172 valence electrons. The minimum atomic E-state index is -4.26. The van der Waals surface area contributed by atoms with E-state index in [4.69, 9.17) is 5.26 Å². The number of alkyl halides is 3. The first-order valence-electron chi connectivity index (χ1n) is 10.7. The summed E-state index contributed by atoms with van der Waals surface area (Å²) in [5, 5.41) is 9.60. The van der Waals surface area contributed by atoms with Crippen molar-refractivity contribution in [3.63, 3.8) is 0 Å². The first-order chi connectivity index (χ1) is 15.7. The van der Waals surface area contributed by atoms with E-state index in [1.54, 1.807) is 18.2 Å². The second-order valence-corrected chi connectivity index (χ2v) is 10.1. The van der Waals surface area contributed by atoms with E-state index in [2.05, 4.69) is 19.8 Å². The molecular weight excluding hydrogens is 454 g/mol. The summed E-state index contributed by atoms with van der Waals surface area (Å²) in [6.45, 7) is 3.69. The van der Waals surface area contributed by atoms with Gasteiger partial charge in [0.2, 0.25) is 0 Å². The molecule has 4 heterocycles. The van der Waals surface area contributed by atoms with Gasteiger partial charge in [-0.3, -0.25) is 4.90 Å². The van der Waals surface area contributed by atoms with Gasteiger partial charge in [-0.25, -0.2) is 14.4 Å². The van der Waals surface area contributed by atoms with Crippen LogP contribution < -0.4 is 4.90 Å². The zero-order valence-electron chi connectivity index (χ0n) is 17.7. The van der Waals surface area contributed by atoms with Crippen molar-refractivity contribution in [2.24, 2.45) is 5.41 Å². The number of anilines is 1. The number of hydrogen-bond acceptors (Lipinski definition) is 6. The Morgan fingerprint density at radius 2 is 1.94 bits per heavy atom. The number of rotatable bonds is 4. The number of aromatic nitrogens is 2. The molecule has 1 unspecified atom stereocenters. The van der Waals surface area contributed by atoms with Crippen molar-refractivity contribution in [3.05, 3.63) is 52.4 Å². The highest BCUT2D eigenvalue weighted by Gasteiger charge is 2.44. The number of nitrogens with zero attached hydrogens (tertiary/aromatic N) is 5. The van der Waals surface area contributed by atoms with Gasteiger partial charge in [-0.1, -0.05) is 6.07 Å². The predicted octanol–water partition coefficient (Wildman–Crippen LogP) is 4.91. The summed E-state index contributed by atoms with van der Waals surface area (Å²) in [5.74, 6) is 0.330. The van der Waals surface area contributed by atoms with E-state index < -0.39 is 12.6 Å². The van der Waals surface area contributed by atoms with Crippen molar-refractivity contribution in [1.29, 1.82) is 5.26 Å². The lowest BCUT2D eigenvalue weighted by Crippen LogP contribution is -2.31. The van der Waals surface area contributed by atoms with Crippen LogP contribution in [0.4, 0.5) is 23.4 Å². The number of hydrogen-bond donors (Lipinski definition) is 0. The van der Waals surface area contributed by atoms with Crippen LogP contribution in [0.1, 0.15) is 28.8 Å². The molecule has 5 rings (SSSR count). The Hall–Kier alpha value is -2.77. The smallest absolute Gasteiger partial charge is 0.355 e. The van der Waals surface area contributed by atoms with E-state index in [0.29, 0.717) is 33.7 Å². The van der Waals surface area contributed by atoms with Gasteiger partial charge in [0.15, 0.2) is 0 Å². The Labute approximate surface area is 192 Å². The Morgan fingerprint density at radius 3 is 2.70 bits per heavy atom. The summed E-state index contributed by atoms with van der Waals surface area (Å²) in [5.41, 5.74) is 0.933. The Balaban J connectivity index is 1.30. The van der Waals surface area contributed by atoms with Crippen LogP contribution in [0.3, 0.4) is 0 Å². The standard InChI is InChI=1S/C23H21F4N5S/c24-19-7-15(10-28)1-2-16(19)11-31-5-3-22(12-31)4-6-32(13-22)20-18-8-17(9-23(25,26)27)33-21(18)30-14-29-20/h1-2,7-8,14H,3-6,9,11-13H2. The van der Waals surface area contributed by atoms with Crippen LogP contribution in [0, 0.1) is 22.6 Å². The average Bonchev–Trinajstić information content (AvgIpc) is 3.46. The third kappa shape index (κ3) is 4.52. The van der Waals surface area contributed by atoms with Gasteiger partial charge in [-0.05, 0) is 37.6 Å². The molecule has 2 fully saturated rings. The number of thiophene rings is 1. The maximum absolute atomic E-state index is 14.3. The normalized spacial score (nSPS) is 21.4. The van der Waals surface area contributed by atoms with E-state index in [1.165, 1.54) is 12.4 Å². The molecule has 10 heteroatoms. The molecule has 2 aliphatic rings. The molecule has 1 atom stereocenters. The molecule has 2 aliphatic heterocycles. The topological polar surface area (TPSA) is 56.1 Å². The van der Waals surface area contributed by atoms with Crippen molar-refractivity contribution >= 4 is 27.4 Å². The third-order valence-corrected chi connectivity index (χ3v) is 7.61. The van der Waals surface area contributed by atoms with Crippen molar-refractivity contribution in [2.75, 3.05) is 31.1 Å². The molecular formula is C23H21F4N5S. The Morgan fingerprint density at radius 1 is 1.12 bits per heavy atom. The van der Waals surface area contributed by atoms with Gasteiger partial charge in [0.05, 0.1) is 23.4 Å². The molecule has 0 saturated carbocycles. The van der Waals surface area contributed by atoms with Crippen molar-refractivity contribution in [2.45, 2.75) is 32.0 Å². The largest absolute Gasteiger partial charge is 0.393 e. The van der Waals surface area contributed by atoms with E-state index in [0.717, 1.165) is 50.4 Å². The quantitative estimate of drug-likeness (QED) is 0.502. The van der Waals surface area contributed by atoms with Crippen LogP contribution in [-0.2, 0) is 13.0 Å². The minimum absolute atomic E-state index is 0.0468. The van der Waals surface area contributed by atoms with E-state index in [9.17, 15) is 17.6 Å². The number of fused-ring (bicyclic) bond motifs is 1. The first kappa shape index (κ1) is 22.0. The second kappa shape index (κ2) is 8.22. The molecule has 2 saturated heterocycles. The average molecular weight is 476 g/mol. The van der Waals surface area contributed by atoms with Crippen molar-refractivity contribution in [3.8, 4) is 6.07 Å². The molecule has 0 N–H and O–H groups in total. The van der Waals surface area contributed by atoms with Gasteiger partial charge >= 0.3 is 6.18 Å². The molecule has 1 aromatic carbocycles. The lowest BCUT2D eigenvalue weighted by atomic mass is 9.86. The SMILES string of the molecule is N#Cc1ccc(CN2CCC3(CCN(c4ncnc5sc(CC(F)(F)F)cc45)C3)C2)c(F)c1. The van der Waals surface area contributed by atoms with Crippen LogP contribution >= 0.6 is 11.3 Å². The summed E-state index contributed by atoms with van der Waals surface area (Å²) in [7, 11) is 0. The number of benzene rings is 1. The number of likely N-dealkylation sites (tertiary alicyclic amines) is 1. The molecule has 33 heavy (non-hydrogen) atoms. The zero-order valence-corrected chi connectivity index (χ0v) is 18.5. The molecule has 0 bridgehead atoms. The van der Waals surface area contributed by atoms with Gasteiger partial charge in [0, 0.05) is 42.0 Å². The molecule has 2 aromatic heterocycles. The van der Waals surface area contributed by atoms with Gasteiger partial charge in [-0.2, -0.15) is 18.4 Å². The Bertz CT molecular complexity index is 1230. The molecule has 5 nitrogen and oxygen atoms in total.